The number of nitrogens with two attached hydrogens (primary N) is 1. The van der Waals surface area contributed by atoms with E-state index in [1.165, 1.54) is 4.90 Å². The molecule has 1 amide bonds. The van der Waals surface area contributed by atoms with E-state index in [2.05, 4.69) is 15.3 Å². The fraction of sp³-hybridized carbons (Fsp3) is 0.643. The van der Waals surface area contributed by atoms with Gasteiger partial charge in [0, 0.05) is 45.4 Å². The quantitative estimate of drug-likeness (QED) is 0.689. The first-order chi connectivity index (χ1) is 11.5. The van der Waals surface area contributed by atoms with Crippen LogP contribution in [0, 0.1) is 0 Å². The van der Waals surface area contributed by atoms with Gasteiger partial charge in [-0.15, -0.1) is 0 Å². The molecule has 0 aliphatic carbocycles. The van der Waals surface area contributed by atoms with Gasteiger partial charge in [0.15, 0.2) is 11.6 Å². The molecular formula is C14H21ClN6O3. The predicted molar refractivity (Wildman–Crippen MR) is 90.7 cm³/mol. The Morgan fingerprint density at radius 2 is 1.92 bits per heavy atom. The van der Waals surface area contributed by atoms with Crippen LogP contribution >= 0.6 is 11.6 Å². The van der Waals surface area contributed by atoms with Gasteiger partial charge in [-0.25, -0.2) is 4.79 Å². The van der Waals surface area contributed by atoms with E-state index in [1.807, 2.05) is 4.90 Å². The molecule has 0 unspecified atom stereocenters. The Hall–Kier alpha value is -2.00. The molecule has 3 heterocycles. The summed E-state index contributed by atoms with van der Waals surface area (Å²) < 4.78 is 5.35. The lowest BCUT2D eigenvalue weighted by Gasteiger charge is -2.34. The van der Waals surface area contributed by atoms with Crippen LogP contribution in [0.3, 0.4) is 0 Å². The lowest BCUT2D eigenvalue weighted by atomic mass is 10.1. The molecule has 1 aromatic heterocycles. The summed E-state index contributed by atoms with van der Waals surface area (Å²) in [5.41, 5.74) is 6.69. The molecule has 9 nitrogen and oxygen atoms in total. The van der Waals surface area contributed by atoms with Crippen molar-refractivity contribution in [3.05, 3.63) is 5.28 Å². The lowest BCUT2D eigenvalue weighted by Crippen LogP contribution is -2.48. The second kappa shape index (κ2) is 7.27. The van der Waals surface area contributed by atoms with Gasteiger partial charge in [-0.2, -0.15) is 9.97 Å². The Labute approximate surface area is 144 Å². The minimum absolute atomic E-state index is 0.120. The van der Waals surface area contributed by atoms with Gasteiger partial charge in [-0.3, -0.25) is 0 Å². The van der Waals surface area contributed by atoms with E-state index in [9.17, 15) is 4.79 Å². The highest BCUT2D eigenvalue weighted by molar-refractivity contribution is 6.28. The molecule has 3 rings (SSSR count). The van der Waals surface area contributed by atoms with Gasteiger partial charge >= 0.3 is 6.09 Å². The molecule has 2 saturated heterocycles. The summed E-state index contributed by atoms with van der Waals surface area (Å²) in [6.45, 7) is 3.25. The first-order valence-corrected chi connectivity index (χ1v) is 8.32. The third-order valence-corrected chi connectivity index (χ3v) is 4.48. The van der Waals surface area contributed by atoms with Crippen LogP contribution in [-0.2, 0) is 4.74 Å². The van der Waals surface area contributed by atoms with Gasteiger partial charge < -0.3 is 30.7 Å². The number of nitrogen functional groups attached to an aromatic ring is 1. The van der Waals surface area contributed by atoms with Crippen molar-refractivity contribution >= 4 is 35.0 Å². The molecule has 2 fully saturated rings. The Bertz CT molecular complexity index is 602. The number of rotatable bonds is 3. The van der Waals surface area contributed by atoms with E-state index in [4.69, 9.17) is 27.2 Å². The second-order valence-electron chi connectivity index (χ2n) is 5.87. The molecule has 0 spiro atoms. The van der Waals surface area contributed by atoms with E-state index in [0.29, 0.717) is 56.7 Å². The normalized spacial score (nSPS) is 19.4. The summed E-state index contributed by atoms with van der Waals surface area (Å²) in [5.74, 6) is 1.08. The van der Waals surface area contributed by atoms with Crippen LogP contribution in [0.1, 0.15) is 12.8 Å². The molecular weight excluding hydrogens is 336 g/mol. The molecule has 24 heavy (non-hydrogen) atoms. The van der Waals surface area contributed by atoms with Crippen molar-refractivity contribution in [1.82, 2.24) is 14.9 Å². The highest BCUT2D eigenvalue weighted by atomic mass is 35.5. The van der Waals surface area contributed by atoms with Crippen LogP contribution in [0.15, 0.2) is 0 Å². The van der Waals surface area contributed by atoms with Crippen molar-refractivity contribution in [1.29, 1.82) is 0 Å². The third-order valence-electron chi connectivity index (χ3n) is 4.31. The minimum atomic E-state index is -0.912. The number of nitrogens with zero attached hydrogens (tertiary/aromatic N) is 4. The van der Waals surface area contributed by atoms with E-state index in [0.717, 1.165) is 12.8 Å². The summed E-state index contributed by atoms with van der Waals surface area (Å²) >= 11 is 6.06. The topological polar surface area (TPSA) is 117 Å². The van der Waals surface area contributed by atoms with Crippen LogP contribution in [0.2, 0.25) is 5.28 Å². The monoisotopic (exact) mass is 356 g/mol. The van der Waals surface area contributed by atoms with Crippen molar-refractivity contribution in [2.75, 3.05) is 55.3 Å². The smallest absolute Gasteiger partial charge is 0.407 e. The van der Waals surface area contributed by atoms with Crippen LogP contribution in [-0.4, -0.2) is 71.5 Å². The summed E-state index contributed by atoms with van der Waals surface area (Å²) in [6, 6.07) is 0.240. The maximum atomic E-state index is 11.0. The van der Waals surface area contributed by atoms with Crippen molar-refractivity contribution in [3.8, 4) is 0 Å². The van der Waals surface area contributed by atoms with Crippen molar-refractivity contribution < 1.29 is 14.6 Å². The largest absolute Gasteiger partial charge is 0.465 e. The Balaban J connectivity index is 1.75. The molecule has 2 aliphatic rings. The van der Waals surface area contributed by atoms with E-state index in [-0.39, 0.29) is 11.3 Å². The number of piperazine rings is 1. The van der Waals surface area contributed by atoms with Crippen LogP contribution < -0.4 is 16.0 Å². The summed E-state index contributed by atoms with van der Waals surface area (Å²) in [7, 11) is 0. The number of aromatic nitrogens is 2. The number of anilines is 3. The predicted octanol–water partition coefficient (Wildman–Crippen LogP) is 1.10. The van der Waals surface area contributed by atoms with Gasteiger partial charge in [0.25, 0.3) is 0 Å². The molecule has 2 aliphatic heterocycles. The highest BCUT2D eigenvalue weighted by Gasteiger charge is 2.25. The summed E-state index contributed by atoms with van der Waals surface area (Å²) in [5, 5.41) is 12.5. The van der Waals surface area contributed by atoms with Gasteiger partial charge in [-0.1, -0.05) is 0 Å². The third kappa shape index (κ3) is 3.73. The zero-order chi connectivity index (χ0) is 17.1. The average molecular weight is 357 g/mol. The number of halogens is 1. The molecule has 1 aromatic rings. The first-order valence-electron chi connectivity index (χ1n) is 7.94. The van der Waals surface area contributed by atoms with Crippen molar-refractivity contribution in [2.24, 2.45) is 0 Å². The fourth-order valence-electron chi connectivity index (χ4n) is 2.93. The zero-order valence-corrected chi connectivity index (χ0v) is 14.0. The van der Waals surface area contributed by atoms with Crippen LogP contribution in [0.25, 0.3) is 0 Å². The maximum absolute atomic E-state index is 11.0. The molecule has 0 radical (unpaired) electrons. The molecule has 0 atom stereocenters. The molecule has 4 N–H and O–H groups in total. The number of nitrogens with one attached hydrogen (secondary N) is 1. The molecule has 132 valence electrons. The maximum Gasteiger partial charge on any atom is 0.407 e. The zero-order valence-electron chi connectivity index (χ0n) is 13.2. The number of amides is 1. The van der Waals surface area contributed by atoms with E-state index in [1.54, 1.807) is 0 Å². The number of carbonyl (C=O) groups is 1. The SMILES string of the molecule is Nc1c(NC2CCOCC2)nc(Cl)nc1N1CCN(C(=O)O)CC1. The Kier molecular flexibility index (Phi) is 5.10. The summed E-state index contributed by atoms with van der Waals surface area (Å²) in [6.07, 6.45) is 0.853. The van der Waals surface area contributed by atoms with Gasteiger partial charge in [0.1, 0.15) is 5.69 Å². The number of hydrogen-bond donors (Lipinski definition) is 3. The number of ether oxygens (including phenoxy) is 1. The minimum Gasteiger partial charge on any atom is -0.465 e. The molecule has 0 aromatic carbocycles. The first kappa shape index (κ1) is 16.8. The number of hydrogen-bond acceptors (Lipinski definition) is 7. The fourth-order valence-corrected chi connectivity index (χ4v) is 3.09. The Morgan fingerprint density at radius 1 is 1.25 bits per heavy atom. The van der Waals surface area contributed by atoms with Crippen molar-refractivity contribution in [3.63, 3.8) is 0 Å². The van der Waals surface area contributed by atoms with Gasteiger partial charge in [-0.05, 0) is 24.4 Å². The van der Waals surface area contributed by atoms with Crippen molar-refractivity contribution in [2.45, 2.75) is 18.9 Å². The van der Waals surface area contributed by atoms with Crippen LogP contribution in [0.5, 0.6) is 0 Å². The van der Waals surface area contributed by atoms with Gasteiger partial charge in [0.05, 0.1) is 0 Å². The van der Waals surface area contributed by atoms with Crippen LogP contribution in [0.4, 0.5) is 22.1 Å². The molecule has 0 bridgehead atoms. The Morgan fingerprint density at radius 3 is 2.54 bits per heavy atom. The van der Waals surface area contributed by atoms with E-state index >= 15 is 0 Å². The summed E-state index contributed by atoms with van der Waals surface area (Å²) in [4.78, 5) is 22.8. The van der Waals surface area contributed by atoms with E-state index < -0.39 is 6.09 Å². The molecule has 0 saturated carbocycles. The second-order valence-corrected chi connectivity index (χ2v) is 6.20. The highest BCUT2D eigenvalue weighted by Crippen LogP contribution is 2.30. The lowest BCUT2D eigenvalue weighted by molar-refractivity contribution is 0.0904. The van der Waals surface area contributed by atoms with Gasteiger partial charge in [0.2, 0.25) is 5.28 Å². The number of carboxylic acid groups (broad SMARTS) is 1. The standard InChI is InChI=1S/C14H21ClN6O3/c15-13-18-11(17-9-1-7-24-8-2-9)10(16)12(19-13)20-3-5-21(6-4-20)14(22)23/h9H,1-8,16H2,(H,22,23)(H,17,18,19). The molecule has 10 heteroatoms. The average Bonchev–Trinajstić information content (AvgIpc) is 2.59.